The van der Waals surface area contributed by atoms with Gasteiger partial charge >= 0.3 is 0 Å². The van der Waals surface area contributed by atoms with Crippen molar-refractivity contribution in [2.75, 3.05) is 32.8 Å². The first-order valence-corrected chi connectivity index (χ1v) is 11.0. The quantitative estimate of drug-likeness (QED) is 0.816. The van der Waals surface area contributed by atoms with Gasteiger partial charge in [0.15, 0.2) is 0 Å². The molecular formula is C23H32N4O2. The minimum Gasteiger partial charge on any atom is -0.394 e. The second-order valence-electron chi connectivity index (χ2n) is 8.31. The van der Waals surface area contributed by atoms with Crippen molar-refractivity contribution in [2.45, 2.75) is 51.1 Å². The smallest absolute Gasteiger partial charge is 0.253 e. The molecule has 2 aliphatic heterocycles. The summed E-state index contributed by atoms with van der Waals surface area (Å²) in [5, 5.41) is 13.6. The van der Waals surface area contributed by atoms with E-state index in [-0.39, 0.29) is 12.5 Å². The molecule has 0 atom stereocenters. The topological polar surface area (TPSA) is 61.6 Å². The number of amides is 1. The van der Waals surface area contributed by atoms with Crippen LogP contribution in [0.15, 0.2) is 36.5 Å². The molecule has 1 aromatic heterocycles. The molecule has 4 rings (SSSR count). The summed E-state index contributed by atoms with van der Waals surface area (Å²) in [5.41, 5.74) is 3.29. The zero-order chi connectivity index (χ0) is 20.1. The molecule has 1 amide bonds. The number of carbonyl (C=O) groups excluding carboxylic acids is 1. The van der Waals surface area contributed by atoms with Crippen LogP contribution in [-0.4, -0.2) is 63.4 Å². The van der Waals surface area contributed by atoms with Crippen molar-refractivity contribution in [2.24, 2.45) is 0 Å². The van der Waals surface area contributed by atoms with Gasteiger partial charge in [-0.2, -0.15) is 5.10 Å². The molecule has 2 aliphatic rings. The van der Waals surface area contributed by atoms with Crippen molar-refractivity contribution in [1.82, 2.24) is 19.6 Å². The van der Waals surface area contributed by atoms with Crippen LogP contribution >= 0.6 is 0 Å². The van der Waals surface area contributed by atoms with E-state index in [1.54, 1.807) is 0 Å². The Balaban J connectivity index is 1.33. The maximum absolute atomic E-state index is 12.8. The molecule has 2 aromatic rings. The zero-order valence-electron chi connectivity index (χ0n) is 17.2. The van der Waals surface area contributed by atoms with Crippen molar-refractivity contribution in [1.29, 1.82) is 0 Å². The number of hydrogen-bond donors (Lipinski definition) is 1. The van der Waals surface area contributed by atoms with E-state index in [4.69, 9.17) is 0 Å². The first-order chi connectivity index (χ1) is 14.2. The third-order valence-corrected chi connectivity index (χ3v) is 6.29. The number of aliphatic hydroxyl groups excluding tert-OH is 1. The van der Waals surface area contributed by atoms with E-state index < -0.39 is 0 Å². The van der Waals surface area contributed by atoms with Crippen molar-refractivity contribution < 1.29 is 9.90 Å². The fourth-order valence-electron chi connectivity index (χ4n) is 4.70. The van der Waals surface area contributed by atoms with Crippen LogP contribution in [0.25, 0.3) is 0 Å². The average Bonchev–Trinajstić information content (AvgIpc) is 3.23. The van der Waals surface area contributed by atoms with Crippen LogP contribution in [0, 0.1) is 0 Å². The lowest BCUT2D eigenvalue weighted by molar-refractivity contribution is 0.0724. The van der Waals surface area contributed by atoms with Crippen LogP contribution in [-0.2, 0) is 13.1 Å². The van der Waals surface area contributed by atoms with Crippen LogP contribution in [0.2, 0.25) is 0 Å². The minimum atomic E-state index is 0.125. The molecule has 0 radical (unpaired) electrons. The van der Waals surface area contributed by atoms with E-state index in [2.05, 4.69) is 28.2 Å². The van der Waals surface area contributed by atoms with Gasteiger partial charge in [-0.15, -0.1) is 0 Å². The van der Waals surface area contributed by atoms with E-state index in [1.165, 1.54) is 17.7 Å². The normalized spacial score (nSPS) is 18.9. The molecule has 1 N–H and O–H groups in total. The number of likely N-dealkylation sites (tertiary alicyclic amines) is 2. The predicted molar refractivity (Wildman–Crippen MR) is 113 cm³/mol. The molecule has 0 bridgehead atoms. The fourth-order valence-corrected chi connectivity index (χ4v) is 4.70. The van der Waals surface area contributed by atoms with Gasteiger partial charge in [0.05, 0.1) is 13.2 Å². The molecule has 0 unspecified atom stereocenters. The Morgan fingerprint density at radius 2 is 1.86 bits per heavy atom. The standard InChI is InChI=1S/C23H32N4O2/c28-16-15-27-22(7-10-24-27)20-8-13-25(14-9-20)18-19-5-4-6-21(17-19)23(29)26-11-2-1-3-12-26/h4-7,10,17,20,28H,1-3,8-9,11-16,18H2. The van der Waals surface area contributed by atoms with Crippen molar-refractivity contribution in [3.05, 3.63) is 53.3 Å². The van der Waals surface area contributed by atoms with Gasteiger partial charge in [0, 0.05) is 43.0 Å². The van der Waals surface area contributed by atoms with Crippen LogP contribution in [0.5, 0.6) is 0 Å². The minimum absolute atomic E-state index is 0.125. The van der Waals surface area contributed by atoms with Crippen molar-refractivity contribution in [3.63, 3.8) is 0 Å². The fraction of sp³-hybridized carbons (Fsp3) is 0.565. The van der Waals surface area contributed by atoms with Gasteiger partial charge in [-0.3, -0.25) is 14.4 Å². The predicted octanol–water partition coefficient (Wildman–Crippen LogP) is 2.88. The first kappa shape index (κ1) is 20.1. The largest absolute Gasteiger partial charge is 0.394 e. The maximum Gasteiger partial charge on any atom is 0.253 e. The van der Waals surface area contributed by atoms with E-state index in [9.17, 15) is 9.90 Å². The second kappa shape index (κ2) is 9.55. The van der Waals surface area contributed by atoms with Crippen LogP contribution in [0.1, 0.15) is 59.6 Å². The molecule has 0 aliphatic carbocycles. The van der Waals surface area contributed by atoms with Crippen molar-refractivity contribution >= 4 is 5.91 Å². The first-order valence-electron chi connectivity index (χ1n) is 11.0. The molecule has 6 heteroatoms. The number of aromatic nitrogens is 2. The number of piperidine rings is 2. The Bertz CT molecular complexity index is 805. The summed E-state index contributed by atoms with van der Waals surface area (Å²) < 4.78 is 1.94. The molecule has 0 spiro atoms. The molecular weight excluding hydrogens is 364 g/mol. The molecule has 2 fully saturated rings. The summed E-state index contributed by atoms with van der Waals surface area (Å²) in [6.45, 7) is 5.45. The van der Waals surface area contributed by atoms with E-state index in [0.717, 1.165) is 64.0 Å². The average molecular weight is 397 g/mol. The lowest BCUT2D eigenvalue weighted by Gasteiger charge is -2.32. The summed E-state index contributed by atoms with van der Waals surface area (Å²) in [6.07, 6.45) is 7.52. The molecule has 6 nitrogen and oxygen atoms in total. The highest BCUT2D eigenvalue weighted by Crippen LogP contribution is 2.28. The lowest BCUT2D eigenvalue weighted by Crippen LogP contribution is -2.36. The molecule has 156 valence electrons. The SMILES string of the molecule is O=C(c1cccc(CN2CCC(c3ccnn3CCO)CC2)c1)N1CCCCC1. The van der Waals surface area contributed by atoms with Gasteiger partial charge in [0.1, 0.15) is 0 Å². The molecule has 2 saturated heterocycles. The molecule has 29 heavy (non-hydrogen) atoms. The third kappa shape index (κ3) is 4.87. The maximum atomic E-state index is 12.8. The van der Waals surface area contributed by atoms with Crippen LogP contribution in [0.4, 0.5) is 0 Å². The van der Waals surface area contributed by atoms with Crippen molar-refractivity contribution in [3.8, 4) is 0 Å². The number of nitrogens with zero attached hydrogens (tertiary/aromatic N) is 4. The van der Waals surface area contributed by atoms with Crippen LogP contribution < -0.4 is 0 Å². The Hall–Kier alpha value is -2.18. The Morgan fingerprint density at radius 1 is 1.07 bits per heavy atom. The summed E-state index contributed by atoms with van der Waals surface area (Å²) in [6, 6.07) is 10.3. The van der Waals surface area contributed by atoms with Gasteiger partial charge < -0.3 is 10.0 Å². The Kier molecular flexibility index (Phi) is 6.62. The van der Waals surface area contributed by atoms with Gasteiger partial charge in [-0.25, -0.2) is 0 Å². The summed E-state index contributed by atoms with van der Waals surface area (Å²) in [5.74, 6) is 0.690. The molecule has 3 heterocycles. The monoisotopic (exact) mass is 396 g/mol. The highest BCUT2D eigenvalue weighted by molar-refractivity contribution is 5.94. The molecule has 0 saturated carbocycles. The van der Waals surface area contributed by atoms with Crippen LogP contribution in [0.3, 0.4) is 0 Å². The number of rotatable bonds is 6. The van der Waals surface area contributed by atoms with Gasteiger partial charge in [-0.1, -0.05) is 12.1 Å². The summed E-state index contributed by atoms with van der Waals surface area (Å²) >= 11 is 0. The van der Waals surface area contributed by atoms with Gasteiger partial charge in [-0.05, 0) is 69.0 Å². The van der Waals surface area contributed by atoms with Gasteiger partial charge in [0.2, 0.25) is 0 Å². The Labute approximate surface area is 173 Å². The molecule has 1 aromatic carbocycles. The number of carbonyl (C=O) groups is 1. The van der Waals surface area contributed by atoms with Gasteiger partial charge in [0.25, 0.3) is 5.91 Å². The zero-order valence-corrected chi connectivity index (χ0v) is 17.2. The second-order valence-corrected chi connectivity index (χ2v) is 8.31. The number of hydrogen-bond acceptors (Lipinski definition) is 4. The third-order valence-electron chi connectivity index (χ3n) is 6.29. The summed E-state index contributed by atoms with van der Waals surface area (Å²) in [7, 11) is 0. The number of aliphatic hydroxyl groups is 1. The highest BCUT2D eigenvalue weighted by Gasteiger charge is 2.24. The summed E-state index contributed by atoms with van der Waals surface area (Å²) in [4.78, 5) is 17.3. The lowest BCUT2D eigenvalue weighted by atomic mass is 9.93. The number of benzene rings is 1. The highest BCUT2D eigenvalue weighted by atomic mass is 16.3. The Morgan fingerprint density at radius 3 is 2.62 bits per heavy atom. The van der Waals surface area contributed by atoms with E-state index in [0.29, 0.717) is 12.5 Å². The van der Waals surface area contributed by atoms with E-state index in [1.807, 2.05) is 27.9 Å². The van der Waals surface area contributed by atoms with E-state index >= 15 is 0 Å².